The lowest BCUT2D eigenvalue weighted by molar-refractivity contribution is 0.191. The van der Waals surface area contributed by atoms with Crippen LogP contribution >= 0.6 is 0 Å². The van der Waals surface area contributed by atoms with Crippen molar-refractivity contribution >= 4 is 22.6 Å². The zero-order valence-electron chi connectivity index (χ0n) is 20.9. The van der Waals surface area contributed by atoms with Crippen molar-refractivity contribution in [3.8, 4) is 17.1 Å². The number of aromatic nitrogens is 4. The van der Waals surface area contributed by atoms with Crippen LogP contribution in [0.1, 0.15) is 33.6 Å². The van der Waals surface area contributed by atoms with Crippen LogP contribution in [0.25, 0.3) is 22.3 Å². The highest BCUT2D eigenvalue weighted by Gasteiger charge is 2.40. The third-order valence-corrected chi connectivity index (χ3v) is 6.63. The molecule has 1 aromatic carbocycles. The summed E-state index contributed by atoms with van der Waals surface area (Å²) in [6, 6.07) is 5.06. The molecule has 1 aliphatic heterocycles. The maximum atomic E-state index is 14.6. The van der Waals surface area contributed by atoms with Gasteiger partial charge in [0.1, 0.15) is 29.3 Å². The third kappa shape index (κ3) is 4.75. The monoisotopic (exact) mass is 490 g/mol. The van der Waals surface area contributed by atoms with Crippen molar-refractivity contribution in [3.63, 3.8) is 0 Å². The standard InChI is InChI=1S/C26H31FN8O/c1-16(2)25(31-17(3)14-28)35-9-7-34(8-10-35)23-13-21(29-15-30-23)24-18-11-22(36-26(4)5-6-26)19(27)12-20(18)32-33-24/h11-15H,1,5-10,28H2,2-4H3,(H,32,33)/b17-14-,31-25?. The van der Waals surface area contributed by atoms with Crippen molar-refractivity contribution in [2.75, 3.05) is 31.1 Å². The van der Waals surface area contributed by atoms with E-state index in [1.165, 1.54) is 12.3 Å². The first-order chi connectivity index (χ1) is 17.3. The molecule has 3 N–H and O–H groups in total. The van der Waals surface area contributed by atoms with Gasteiger partial charge in [-0.15, -0.1) is 0 Å². The second-order valence-electron chi connectivity index (χ2n) is 9.71. The van der Waals surface area contributed by atoms with E-state index in [0.717, 1.165) is 67.3 Å². The highest BCUT2D eigenvalue weighted by Crippen LogP contribution is 2.41. The number of nitrogens with zero attached hydrogens (tertiary/aromatic N) is 6. The molecular formula is C26H31FN8O. The van der Waals surface area contributed by atoms with E-state index in [1.807, 2.05) is 26.8 Å². The Morgan fingerprint density at radius 3 is 2.61 bits per heavy atom. The minimum absolute atomic E-state index is 0.241. The zero-order chi connectivity index (χ0) is 25.4. The molecule has 1 aliphatic carbocycles. The Bertz CT molecular complexity index is 1370. The lowest BCUT2D eigenvalue weighted by Gasteiger charge is -2.37. The van der Waals surface area contributed by atoms with E-state index < -0.39 is 5.82 Å². The van der Waals surface area contributed by atoms with Gasteiger partial charge >= 0.3 is 0 Å². The molecule has 0 spiro atoms. The van der Waals surface area contributed by atoms with E-state index in [-0.39, 0.29) is 11.4 Å². The summed E-state index contributed by atoms with van der Waals surface area (Å²) in [4.78, 5) is 18.0. The molecule has 2 aromatic heterocycles. The van der Waals surface area contributed by atoms with Gasteiger partial charge in [-0.05, 0) is 45.3 Å². The topological polar surface area (TPSA) is 109 Å². The summed E-state index contributed by atoms with van der Waals surface area (Å²) in [6.45, 7) is 13.0. The number of halogens is 1. The number of aliphatic imine (C=N–C) groups is 1. The fourth-order valence-electron chi connectivity index (χ4n) is 4.27. The van der Waals surface area contributed by atoms with Gasteiger partial charge in [0.2, 0.25) is 0 Å². The van der Waals surface area contributed by atoms with Crippen molar-refractivity contribution in [1.82, 2.24) is 25.1 Å². The highest BCUT2D eigenvalue weighted by atomic mass is 19.1. The molecule has 2 aliphatic rings. The van der Waals surface area contributed by atoms with Crippen molar-refractivity contribution in [1.29, 1.82) is 0 Å². The number of nitrogens with two attached hydrogens (primary N) is 1. The number of hydrogen-bond donors (Lipinski definition) is 2. The van der Waals surface area contributed by atoms with Crippen LogP contribution in [0, 0.1) is 5.82 Å². The third-order valence-electron chi connectivity index (χ3n) is 6.63. The van der Waals surface area contributed by atoms with Crippen LogP contribution < -0.4 is 15.4 Å². The van der Waals surface area contributed by atoms with Crippen LogP contribution in [0.4, 0.5) is 10.2 Å². The Kier molecular flexibility index (Phi) is 6.11. The smallest absolute Gasteiger partial charge is 0.167 e. The number of piperazine rings is 1. The summed E-state index contributed by atoms with van der Waals surface area (Å²) in [5.41, 5.74) is 8.88. The van der Waals surface area contributed by atoms with E-state index in [4.69, 9.17) is 10.5 Å². The number of nitrogens with one attached hydrogen (secondary N) is 1. The zero-order valence-corrected chi connectivity index (χ0v) is 20.9. The van der Waals surface area contributed by atoms with Gasteiger partial charge in [0.15, 0.2) is 11.6 Å². The molecule has 2 fully saturated rings. The van der Waals surface area contributed by atoms with Crippen LogP contribution in [0.3, 0.4) is 0 Å². The first kappa shape index (κ1) is 23.8. The average molecular weight is 491 g/mol. The minimum atomic E-state index is -0.401. The molecule has 1 saturated carbocycles. The van der Waals surface area contributed by atoms with E-state index in [9.17, 15) is 4.39 Å². The molecule has 3 heterocycles. The van der Waals surface area contributed by atoms with Crippen molar-refractivity contribution in [2.45, 2.75) is 39.2 Å². The van der Waals surface area contributed by atoms with Gasteiger partial charge in [-0.1, -0.05) is 6.58 Å². The molecule has 0 atom stereocenters. The molecule has 0 amide bonds. The Balaban J connectivity index is 1.37. The Labute approximate surface area is 209 Å². The minimum Gasteiger partial charge on any atom is -0.484 e. The van der Waals surface area contributed by atoms with Crippen LogP contribution in [0.5, 0.6) is 5.75 Å². The number of benzene rings is 1. The van der Waals surface area contributed by atoms with E-state index in [2.05, 4.69) is 41.5 Å². The molecule has 1 saturated heterocycles. The first-order valence-electron chi connectivity index (χ1n) is 12.1. The average Bonchev–Trinajstić information content (AvgIpc) is 3.46. The predicted octanol–water partition coefficient (Wildman–Crippen LogP) is 4.01. The number of rotatable bonds is 6. The number of anilines is 1. The molecule has 36 heavy (non-hydrogen) atoms. The second kappa shape index (κ2) is 9.25. The molecule has 9 nitrogen and oxygen atoms in total. The van der Waals surface area contributed by atoms with Gasteiger partial charge in [0, 0.05) is 49.9 Å². The predicted molar refractivity (Wildman–Crippen MR) is 139 cm³/mol. The first-order valence-corrected chi connectivity index (χ1v) is 12.1. The Morgan fingerprint density at radius 1 is 1.19 bits per heavy atom. The normalized spacial score (nSPS) is 18.0. The fraction of sp³-hybridized carbons (Fsp3) is 0.385. The van der Waals surface area contributed by atoms with Crippen LogP contribution in [0.15, 0.2) is 53.6 Å². The lowest BCUT2D eigenvalue weighted by Crippen LogP contribution is -2.49. The van der Waals surface area contributed by atoms with Crippen LogP contribution in [0.2, 0.25) is 0 Å². The van der Waals surface area contributed by atoms with Gasteiger partial charge in [0.05, 0.1) is 16.9 Å². The van der Waals surface area contributed by atoms with Crippen LogP contribution in [-0.4, -0.2) is 62.7 Å². The number of aromatic amines is 1. The summed E-state index contributed by atoms with van der Waals surface area (Å²) in [6.07, 6.45) is 4.89. The van der Waals surface area contributed by atoms with Crippen molar-refractivity contribution in [3.05, 3.63) is 54.4 Å². The Morgan fingerprint density at radius 2 is 1.94 bits per heavy atom. The summed E-state index contributed by atoms with van der Waals surface area (Å²) < 4.78 is 20.5. The number of amidine groups is 1. The molecular weight excluding hydrogens is 459 g/mol. The van der Waals surface area contributed by atoms with Crippen molar-refractivity contribution in [2.24, 2.45) is 10.7 Å². The number of allylic oxidation sites excluding steroid dienone is 1. The van der Waals surface area contributed by atoms with Gasteiger partial charge in [-0.3, -0.25) is 5.10 Å². The van der Waals surface area contributed by atoms with Gasteiger partial charge in [0.25, 0.3) is 0 Å². The van der Waals surface area contributed by atoms with Gasteiger partial charge < -0.3 is 20.3 Å². The lowest BCUT2D eigenvalue weighted by atomic mass is 10.1. The quantitative estimate of drug-likeness (QED) is 0.397. The number of fused-ring (bicyclic) bond motifs is 1. The molecule has 0 radical (unpaired) electrons. The largest absolute Gasteiger partial charge is 0.484 e. The molecule has 3 aromatic rings. The van der Waals surface area contributed by atoms with Gasteiger partial charge in [-0.2, -0.15) is 5.10 Å². The summed E-state index contributed by atoms with van der Waals surface area (Å²) in [5, 5.41) is 8.11. The maximum absolute atomic E-state index is 14.6. The molecule has 0 bridgehead atoms. The Hall–Kier alpha value is -3.95. The van der Waals surface area contributed by atoms with Gasteiger partial charge in [-0.25, -0.2) is 19.4 Å². The van der Waals surface area contributed by atoms with Crippen LogP contribution in [-0.2, 0) is 0 Å². The van der Waals surface area contributed by atoms with Crippen molar-refractivity contribution < 1.29 is 9.13 Å². The summed E-state index contributed by atoms with van der Waals surface area (Å²) in [7, 11) is 0. The number of H-pyrrole nitrogens is 1. The molecule has 10 heteroatoms. The number of ether oxygens (including phenoxy) is 1. The number of hydrogen-bond acceptors (Lipinski definition) is 7. The summed E-state index contributed by atoms with van der Waals surface area (Å²) in [5.74, 6) is 1.50. The second-order valence-corrected chi connectivity index (χ2v) is 9.71. The molecule has 0 unspecified atom stereocenters. The SMILES string of the molecule is C=C(C)C(=N/C(C)=C\N)N1CCN(c2cc(-c3n[nH]c4cc(F)c(OC5(C)CC5)cc34)ncn2)CC1. The summed E-state index contributed by atoms with van der Waals surface area (Å²) >= 11 is 0. The maximum Gasteiger partial charge on any atom is 0.167 e. The molecule has 188 valence electrons. The fourth-order valence-corrected chi connectivity index (χ4v) is 4.27. The van der Waals surface area contributed by atoms with E-state index in [1.54, 1.807) is 12.4 Å². The van der Waals surface area contributed by atoms with E-state index in [0.29, 0.717) is 16.9 Å². The van der Waals surface area contributed by atoms with E-state index >= 15 is 0 Å². The molecule has 5 rings (SSSR count). The highest BCUT2D eigenvalue weighted by molar-refractivity contribution is 5.98.